The lowest BCUT2D eigenvalue weighted by molar-refractivity contribution is -0.849. The molecule has 11 heavy (non-hydrogen) atoms. The van der Waals surface area contributed by atoms with E-state index in [9.17, 15) is 4.79 Å². The van der Waals surface area contributed by atoms with E-state index in [0.29, 0.717) is 0 Å². The van der Waals surface area contributed by atoms with Crippen LogP contribution in [-0.2, 0) is 4.79 Å². The summed E-state index contributed by atoms with van der Waals surface area (Å²) in [5.41, 5.74) is 1.39. The van der Waals surface area contributed by atoms with Crippen molar-refractivity contribution in [3.05, 3.63) is 0 Å². The van der Waals surface area contributed by atoms with Crippen LogP contribution in [-0.4, -0.2) is 43.8 Å². The number of carbonyl (C=O) groups is 1. The van der Waals surface area contributed by atoms with E-state index in [-0.39, 0.29) is 17.0 Å². The normalized spacial score (nSPS) is 8.55. The molecule has 0 aliphatic carbocycles. The monoisotopic (exact) mass is 228 g/mol. The molecule has 5 heteroatoms. The van der Waals surface area contributed by atoms with Crippen LogP contribution >= 0.6 is 0 Å². The van der Waals surface area contributed by atoms with Crippen LogP contribution in [0.4, 0.5) is 0 Å². The van der Waals surface area contributed by atoms with E-state index >= 15 is 0 Å². The van der Waals surface area contributed by atoms with Gasteiger partial charge in [0, 0.05) is 6.92 Å². The van der Waals surface area contributed by atoms with Gasteiger partial charge in [-0.25, -0.2) is 5.48 Å². The highest BCUT2D eigenvalue weighted by Crippen LogP contribution is 1.73. The molecule has 0 rings (SSSR count). The Morgan fingerprint density at radius 2 is 1.36 bits per heavy atom. The Morgan fingerprint density at radius 3 is 1.36 bits per heavy atom. The molecule has 0 heterocycles. The molecule has 0 aromatic heterocycles. The Kier molecular flexibility index (Phi) is 12.4. The average molecular weight is 229 g/mol. The minimum atomic E-state index is -0.440. The van der Waals surface area contributed by atoms with Crippen molar-refractivity contribution < 1.29 is 31.5 Å². The summed E-state index contributed by atoms with van der Waals surface area (Å²) >= 11 is 0. The van der Waals surface area contributed by atoms with Crippen LogP contribution in [0, 0.1) is 0 Å². The summed E-state index contributed by atoms with van der Waals surface area (Å²) < 4.78 is 1.00. The molecular formula is C6H17BrN2O2. The highest BCUT2D eigenvalue weighted by molar-refractivity contribution is 5.71. The fourth-order valence-electron chi connectivity index (χ4n) is 0. The SMILES string of the molecule is CC(=O)NO.C[N+](C)(C)C.[Br-]. The molecular weight excluding hydrogens is 212 g/mol. The van der Waals surface area contributed by atoms with Gasteiger partial charge < -0.3 is 21.5 Å². The number of quaternary nitrogens is 1. The van der Waals surface area contributed by atoms with Gasteiger partial charge in [0.25, 0.3) is 0 Å². The van der Waals surface area contributed by atoms with E-state index in [1.807, 2.05) is 0 Å². The molecule has 0 spiro atoms. The number of rotatable bonds is 0. The minimum absolute atomic E-state index is 0. The number of halogens is 1. The predicted molar refractivity (Wildman–Crippen MR) is 39.6 cm³/mol. The van der Waals surface area contributed by atoms with Crippen LogP contribution < -0.4 is 22.5 Å². The third kappa shape index (κ3) is 175. The molecule has 0 fully saturated rings. The van der Waals surface area contributed by atoms with Gasteiger partial charge in [0.05, 0.1) is 28.2 Å². The summed E-state index contributed by atoms with van der Waals surface area (Å²) in [6.45, 7) is 1.22. The molecule has 0 radical (unpaired) electrons. The van der Waals surface area contributed by atoms with Gasteiger partial charge >= 0.3 is 0 Å². The average Bonchev–Trinajstić information content (AvgIpc) is 1.61. The van der Waals surface area contributed by atoms with Gasteiger partial charge in [-0.05, 0) is 0 Å². The lowest BCUT2D eigenvalue weighted by atomic mass is 10.8. The van der Waals surface area contributed by atoms with Gasteiger partial charge in [0.15, 0.2) is 0 Å². The number of hydroxylamine groups is 1. The second kappa shape index (κ2) is 7.97. The Bertz CT molecular complexity index is 95.2. The second-order valence-electron chi connectivity index (χ2n) is 3.35. The zero-order valence-electron chi connectivity index (χ0n) is 7.68. The van der Waals surface area contributed by atoms with E-state index in [1.165, 1.54) is 12.4 Å². The van der Waals surface area contributed by atoms with Crippen molar-refractivity contribution in [2.45, 2.75) is 6.92 Å². The third-order valence-electron chi connectivity index (χ3n) is 0.157. The highest BCUT2D eigenvalue weighted by Gasteiger charge is 1.88. The van der Waals surface area contributed by atoms with Crippen LogP contribution in [0.25, 0.3) is 0 Å². The maximum atomic E-state index is 9.45. The standard InChI is InChI=1S/C4H12N.C2H5NO2.BrH/c1-5(2,3)4;1-2(4)3-5;/h1-4H3;5H,1H3,(H,3,4);1H/q+1;;/p-1. The first kappa shape index (κ1) is 17.1. The van der Waals surface area contributed by atoms with Crippen molar-refractivity contribution in [1.82, 2.24) is 5.48 Å². The van der Waals surface area contributed by atoms with Crippen molar-refractivity contribution in [3.8, 4) is 0 Å². The number of carbonyl (C=O) groups excluding carboxylic acids is 1. The minimum Gasteiger partial charge on any atom is -1.00 e. The van der Waals surface area contributed by atoms with Crippen LogP contribution in [0.5, 0.6) is 0 Å². The molecule has 2 N–H and O–H groups in total. The summed E-state index contributed by atoms with van der Waals surface area (Å²) in [7, 11) is 8.50. The fourth-order valence-corrected chi connectivity index (χ4v) is 0. The maximum absolute atomic E-state index is 9.45. The van der Waals surface area contributed by atoms with Gasteiger partial charge in [-0.1, -0.05) is 0 Å². The van der Waals surface area contributed by atoms with Crippen molar-refractivity contribution in [3.63, 3.8) is 0 Å². The molecule has 0 aromatic rings. The molecule has 0 aromatic carbocycles. The Hall–Kier alpha value is -0.130. The zero-order chi connectivity index (χ0) is 8.78. The van der Waals surface area contributed by atoms with Gasteiger partial charge in [-0.15, -0.1) is 0 Å². The molecule has 70 valence electrons. The molecule has 0 bridgehead atoms. The summed E-state index contributed by atoms with van der Waals surface area (Å²) in [5, 5.41) is 7.54. The van der Waals surface area contributed by atoms with E-state index in [1.54, 1.807) is 0 Å². The zero-order valence-corrected chi connectivity index (χ0v) is 9.27. The van der Waals surface area contributed by atoms with E-state index in [2.05, 4.69) is 28.2 Å². The number of nitrogens with one attached hydrogen (secondary N) is 1. The smallest absolute Gasteiger partial charge is 0.240 e. The highest BCUT2D eigenvalue weighted by atomic mass is 79.9. The first-order chi connectivity index (χ1) is 4.27. The third-order valence-corrected chi connectivity index (χ3v) is 0.157. The maximum Gasteiger partial charge on any atom is 0.240 e. The van der Waals surface area contributed by atoms with Gasteiger partial charge in [0.2, 0.25) is 5.91 Å². The number of amides is 1. The molecule has 0 atom stereocenters. The Morgan fingerprint density at radius 1 is 1.27 bits per heavy atom. The van der Waals surface area contributed by atoms with Gasteiger partial charge in [0.1, 0.15) is 0 Å². The summed E-state index contributed by atoms with van der Waals surface area (Å²) in [5.74, 6) is -0.440. The van der Waals surface area contributed by atoms with Crippen LogP contribution in [0.2, 0.25) is 0 Å². The molecule has 0 saturated carbocycles. The molecule has 0 unspecified atom stereocenters. The van der Waals surface area contributed by atoms with E-state index in [4.69, 9.17) is 5.21 Å². The lowest BCUT2D eigenvalue weighted by Crippen LogP contribution is -3.00. The second-order valence-corrected chi connectivity index (χ2v) is 3.35. The van der Waals surface area contributed by atoms with Crippen molar-refractivity contribution in [1.29, 1.82) is 0 Å². The number of nitrogens with zero attached hydrogens (tertiary/aromatic N) is 1. The summed E-state index contributed by atoms with van der Waals surface area (Å²) in [6.07, 6.45) is 0. The first-order valence-corrected chi connectivity index (χ1v) is 2.97. The summed E-state index contributed by atoms with van der Waals surface area (Å²) in [4.78, 5) is 9.45. The van der Waals surface area contributed by atoms with Gasteiger partial charge in [-0.2, -0.15) is 0 Å². The number of hydrogen-bond acceptors (Lipinski definition) is 2. The largest absolute Gasteiger partial charge is 1.00 e. The van der Waals surface area contributed by atoms with Crippen molar-refractivity contribution in [2.24, 2.45) is 0 Å². The van der Waals surface area contributed by atoms with Gasteiger partial charge in [-0.3, -0.25) is 10.0 Å². The quantitative estimate of drug-likeness (QED) is 0.262. The molecule has 4 nitrogen and oxygen atoms in total. The molecule has 1 amide bonds. The van der Waals surface area contributed by atoms with Crippen LogP contribution in [0.3, 0.4) is 0 Å². The first-order valence-electron chi connectivity index (χ1n) is 2.97. The van der Waals surface area contributed by atoms with Crippen LogP contribution in [0.15, 0.2) is 0 Å². The van der Waals surface area contributed by atoms with Crippen LogP contribution in [0.1, 0.15) is 6.92 Å². The van der Waals surface area contributed by atoms with E-state index < -0.39 is 5.91 Å². The van der Waals surface area contributed by atoms with Crippen molar-refractivity contribution in [2.75, 3.05) is 28.2 Å². The topological polar surface area (TPSA) is 49.3 Å². The van der Waals surface area contributed by atoms with E-state index in [0.717, 1.165) is 4.48 Å². The fraction of sp³-hybridized carbons (Fsp3) is 0.833. The summed E-state index contributed by atoms with van der Waals surface area (Å²) in [6, 6.07) is 0. The predicted octanol–water partition coefficient (Wildman–Crippen LogP) is -3.16. The number of hydrogen-bond donors (Lipinski definition) is 2. The Balaban J connectivity index is -0.000000107. The molecule has 0 aliphatic heterocycles. The molecule has 0 saturated heterocycles. The lowest BCUT2D eigenvalue weighted by Gasteiger charge is -2.14. The van der Waals surface area contributed by atoms with Crippen molar-refractivity contribution >= 4 is 5.91 Å². The molecule has 0 aliphatic rings. The Labute approximate surface area is 78.5 Å².